The Morgan fingerprint density at radius 1 is 1.08 bits per heavy atom. The van der Waals surface area contributed by atoms with E-state index in [0.29, 0.717) is 18.7 Å². The Hall–Kier alpha value is -3.75. The number of nitro benzene ring substituents is 1. The van der Waals surface area contributed by atoms with Gasteiger partial charge in [-0.2, -0.15) is 5.10 Å². The summed E-state index contributed by atoms with van der Waals surface area (Å²) in [6.07, 6.45) is 3.03. The minimum Gasteiger partial charge on any atom is -0.383 e. The number of amides is 1. The number of anilines is 1. The van der Waals surface area contributed by atoms with Gasteiger partial charge in [0.25, 0.3) is 11.6 Å². The maximum absolute atomic E-state index is 12.1. The highest BCUT2D eigenvalue weighted by molar-refractivity contribution is 5.94. The fraction of sp³-hybridized carbons (Fsp3) is 0.118. The minimum absolute atomic E-state index is 0.0400. The average Bonchev–Trinajstić information content (AvgIpc) is 3.20. The van der Waals surface area contributed by atoms with E-state index in [1.54, 1.807) is 47.4 Å². The summed E-state index contributed by atoms with van der Waals surface area (Å²) in [5.41, 5.74) is 2.16. The maximum atomic E-state index is 12.1. The van der Waals surface area contributed by atoms with E-state index in [9.17, 15) is 14.9 Å². The van der Waals surface area contributed by atoms with Crippen molar-refractivity contribution in [1.82, 2.24) is 20.1 Å². The topological polar surface area (TPSA) is 115 Å². The van der Waals surface area contributed by atoms with Gasteiger partial charge in [0.1, 0.15) is 12.7 Å². The monoisotopic (exact) mass is 352 g/mol. The van der Waals surface area contributed by atoms with Crippen LogP contribution in [0.15, 0.2) is 61.2 Å². The summed E-state index contributed by atoms with van der Waals surface area (Å²) in [6, 6.07) is 13.1. The molecule has 0 aliphatic carbocycles. The van der Waals surface area contributed by atoms with E-state index in [2.05, 4.69) is 20.7 Å². The summed E-state index contributed by atoms with van der Waals surface area (Å²) < 4.78 is 1.61. The van der Waals surface area contributed by atoms with Crippen LogP contribution >= 0.6 is 0 Å². The highest BCUT2D eigenvalue weighted by Gasteiger charge is 2.06. The van der Waals surface area contributed by atoms with Crippen LogP contribution in [0.4, 0.5) is 11.4 Å². The molecule has 1 heterocycles. The average molecular weight is 352 g/mol. The zero-order valence-corrected chi connectivity index (χ0v) is 13.7. The second kappa shape index (κ2) is 7.88. The molecular formula is C17H16N6O3. The highest BCUT2D eigenvalue weighted by Crippen LogP contribution is 2.14. The SMILES string of the molecule is O=C(NCCNc1ccc([N+](=O)[O-])cc1)c1ccc(-n2cncn2)cc1. The number of nitrogens with one attached hydrogen (secondary N) is 2. The first-order chi connectivity index (χ1) is 12.6. The van der Waals surface area contributed by atoms with Gasteiger partial charge in [-0.15, -0.1) is 0 Å². The molecule has 3 aromatic rings. The number of carbonyl (C=O) groups excluding carboxylic acids is 1. The lowest BCUT2D eigenvalue weighted by Gasteiger charge is -2.08. The zero-order chi connectivity index (χ0) is 18.4. The van der Waals surface area contributed by atoms with Crippen molar-refractivity contribution in [1.29, 1.82) is 0 Å². The molecule has 1 amide bonds. The Labute approximate surface area is 148 Å². The third-order valence-electron chi connectivity index (χ3n) is 3.63. The van der Waals surface area contributed by atoms with Crippen molar-refractivity contribution in [2.45, 2.75) is 0 Å². The van der Waals surface area contributed by atoms with Gasteiger partial charge in [0.15, 0.2) is 0 Å². The molecule has 0 saturated heterocycles. The number of nitro groups is 1. The zero-order valence-electron chi connectivity index (χ0n) is 13.7. The normalized spacial score (nSPS) is 10.3. The first kappa shape index (κ1) is 17.1. The maximum Gasteiger partial charge on any atom is 0.269 e. The van der Waals surface area contributed by atoms with E-state index < -0.39 is 4.92 Å². The Morgan fingerprint density at radius 3 is 2.42 bits per heavy atom. The molecule has 1 aromatic heterocycles. The predicted molar refractivity (Wildman–Crippen MR) is 95.3 cm³/mol. The van der Waals surface area contributed by atoms with Gasteiger partial charge in [-0.05, 0) is 36.4 Å². The number of carbonyl (C=O) groups is 1. The number of rotatable bonds is 7. The summed E-state index contributed by atoms with van der Waals surface area (Å²) in [4.78, 5) is 26.2. The molecule has 3 rings (SSSR count). The van der Waals surface area contributed by atoms with Gasteiger partial charge in [-0.25, -0.2) is 9.67 Å². The van der Waals surface area contributed by atoms with Crippen LogP contribution in [0.2, 0.25) is 0 Å². The molecule has 0 bridgehead atoms. The van der Waals surface area contributed by atoms with Crippen LogP contribution in [0, 0.1) is 10.1 Å². The summed E-state index contributed by atoms with van der Waals surface area (Å²) in [5.74, 6) is -0.180. The Kier molecular flexibility index (Phi) is 5.18. The number of hydrogen-bond acceptors (Lipinski definition) is 6. The number of hydrogen-bond donors (Lipinski definition) is 2. The van der Waals surface area contributed by atoms with Crippen molar-refractivity contribution < 1.29 is 9.72 Å². The van der Waals surface area contributed by atoms with Crippen molar-refractivity contribution >= 4 is 17.3 Å². The van der Waals surface area contributed by atoms with Gasteiger partial charge < -0.3 is 10.6 Å². The Balaban J connectivity index is 1.46. The minimum atomic E-state index is -0.446. The van der Waals surface area contributed by atoms with Crippen molar-refractivity contribution in [3.63, 3.8) is 0 Å². The molecule has 0 aliphatic rings. The third-order valence-corrected chi connectivity index (χ3v) is 3.63. The van der Waals surface area contributed by atoms with Gasteiger partial charge in [0, 0.05) is 36.5 Å². The molecule has 0 fully saturated rings. The molecule has 132 valence electrons. The van der Waals surface area contributed by atoms with Crippen molar-refractivity contribution in [2.24, 2.45) is 0 Å². The molecule has 26 heavy (non-hydrogen) atoms. The van der Waals surface area contributed by atoms with Crippen LogP contribution in [0.25, 0.3) is 5.69 Å². The fourth-order valence-corrected chi connectivity index (χ4v) is 2.29. The summed E-state index contributed by atoms with van der Waals surface area (Å²) >= 11 is 0. The lowest BCUT2D eigenvalue weighted by atomic mass is 10.2. The Bertz CT molecular complexity index is 876. The van der Waals surface area contributed by atoms with E-state index >= 15 is 0 Å². The van der Waals surface area contributed by atoms with E-state index in [1.165, 1.54) is 18.5 Å². The fourth-order valence-electron chi connectivity index (χ4n) is 2.29. The lowest BCUT2D eigenvalue weighted by molar-refractivity contribution is -0.384. The molecule has 9 heteroatoms. The second-order valence-electron chi connectivity index (χ2n) is 5.37. The number of aromatic nitrogens is 3. The summed E-state index contributed by atoms with van der Waals surface area (Å²) in [5, 5.41) is 20.5. The van der Waals surface area contributed by atoms with Crippen LogP contribution < -0.4 is 10.6 Å². The van der Waals surface area contributed by atoms with Crippen molar-refractivity contribution in [3.8, 4) is 5.69 Å². The van der Waals surface area contributed by atoms with E-state index in [0.717, 1.165) is 11.4 Å². The van der Waals surface area contributed by atoms with Crippen LogP contribution in [0.5, 0.6) is 0 Å². The first-order valence-electron chi connectivity index (χ1n) is 7.85. The van der Waals surface area contributed by atoms with Gasteiger partial charge in [-0.3, -0.25) is 14.9 Å². The largest absolute Gasteiger partial charge is 0.383 e. The van der Waals surface area contributed by atoms with Crippen LogP contribution in [0.3, 0.4) is 0 Å². The molecular weight excluding hydrogens is 336 g/mol. The quantitative estimate of drug-likeness (QED) is 0.382. The van der Waals surface area contributed by atoms with Gasteiger partial charge in [0.2, 0.25) is 0 Å². The predicted octanol–water partition coefficient (Wildman–Crippen LogP) is 2.02. The highest BCUT2D eigenvalue weighted by atomic mass is 16.6. The molecule has 0 unspecified atom stereocenters. The second-order valence-corrected chi connectivity index (χ2v) is 5.37. The third kappa shape index (κ3) is 4.20. The van der Waals surface area contributed by atoms with Gasteiger partial charge in [-0.1, -0.05) is 0 Å². The number of non-ortho nitro benzene ring substituents is 1. The first-order valence-corrected chi connectivity index (χ1v) is 7.85. The molecule has 9 nitrogen and oxygen atoms in total. The van der Waals surface area contributed by atoms with Gasteiger partial charge in [0.05, 0.1) is 10.6 Å². The molecule has 0 saturated carbocycles. The molecule has 0 radical (unpaired) electrons. The van der Waals surface area contributed by atoms with E-state index in [4.69, 9.17) is 0 Å². The standard InChI is InChI=1S/C17H16N6O3/c24-17(13-1-5-15(6-2-13)22-12-18-11-21-22)20-10-9-19-14-3-7-16(8-4-14)23(25)26/h1-8,11-12,19H,9-10H2,(H,20,24). The van der Waals surface area contributed by atoms with Crippen LogP contribution in [-0.4, -0.2) is 38.7 Å². The van der Waals surface area contributed by atoms with Crippen molar-refractivity contribution in [2.75, 3.05) is 18.4 Å². The van der Waals surface area contributed by atoms with E-state index in [-0.39, 0.29) is 11.6 Å². The van der Waals surface area contributed by atoms with Gasteiger partial charge >= 0.3 is 0 Å². The number of benzene rings is 2. The van der Waals surface area contributed by atoms with E-state index in [1.807, 2.05) is 0 Å². The molecule has 0 atom stereocenters. The molecule has 0 spiro atoms. The molecule has 2 N–H and O–H groups in total. The molecule has 0 aliphatic heterocycles. The van der Waals surface area contributed by atoms with Crippen molar-refractivity contribution in [3.05, 3.63) is 76.9 Å². The summed E-state index contributed by atoms with van der Waals surface area (Å²) in [7, 11) is 0. The smallest absolute Gasteiger partial charge is 0.269 e. The Morgan fingerprint density at radius 2 is 1.81 bits per heavy atom. The number of nitrogens with zero attached hydrogens (tertiary/aromatic N) is 4. The lowest BCUT2D eigenvalue weighted by Crippen LogP contribution is -2.28. The van der Waals surface area contributed by atoms with Crippen LogP contribution in [-0.2, 0) is 0 Å². The summed E-state index contributed by atoms with van der Waals surface area (Å²) in [6.45, 7) is 0.918. The molecule has 2 aromatic carbocycles. The van der Waals surface area contributed by atoms with Crippen LogP contribution in [0.1, 0.15) is 10.4 Å².